The highest BCUT2D eigenvalue weighted by atomic mass is 16.6. The number of methoxy groups -OCH3 is 2. The smallest absolute Gasteiger partial charge is 0.408 e. The molecular formula is C48H56N4O9. The normalized spacial score (nSPS) is 15.2. The fraction of sp³-hybridized carbons (Fsp3) is 0.396. The number of aromatic nitrogens is 2. The molecule has 1 saturated heterocycles. The second-order valence-electron chi connectivity index (χ2n) is 16.2. The lowest BCUT2D eigenvalue weighted by atomic mass is 9.91. The number of amides is 2. The molecule has 5 aromatic rings. The van der Waals surface area contributed by atoms with Gasteiger partial charge in [0, 0.05) is 62.2 Å². The van der Waals surface area contributed by atoms with Crippen LogP contribution in [-0.4, -0.2) is 82.6 Å². The summed E-state index contributed by atoms with van der Waals surface area (Å²) in [5.41, 5.74) is 7.12. The van der Waals surface area contributed by atoms with Crippen LogP contribution in [0.25, 0.3) is 33.3 Å². The number of rotatable bonds is 16. The predicted octanol–water partition coefficient (Wildman–Crippen LogP) is 8.75. The lowest BCUT2D eigenvalue weighted by Gasteiger charge is -2.31. The number of nitrogens with one attached hydrogen (secondary N) is 1. The maximum absolute atomic E-state index is 13.5. The summed E-state index contributed by atoms with van der Waals surface area (Å²) in [5, 5.41) is 13.2. The van der Waals surface area contributed by atoms with Crippen molar-refractivity contribution in [2.45, 2.75) is 90.7 Å². The number of carboxylic acid groups (broad SMARTS) is 1. The number of carbonyl (C=O) groups is 4. The summed E-state index contributed by atoms with van der Waals surface area (Å²) in [6.07, 6.45) is 1.90. The topological polar surface area (TPSA) is 159 Å². The fourth-order valence-electron chi connectivity index (χ4n) is 8.28. The standard InChI is InChI=1S/C48H56N4O9/c1-7-52-41-21-20-36(35-18-11-16-33(24-35)25-40(45(54)59-6)50-46(55)60-30-32-14-9-8-10-15-32)27-38(41)39(44(52)37-19-12-22-49-43(37)31(2)58-5)28-48(3,4)61-42(53)26-34-17-13-23-51(29-34)47(56)57/h8-12,14-16,18-22,24,27,31,34,40H,7,13,17,23,25-26,28-30H2,1-6H3,(H,50,55)(H,56,57)/t31?,34-,40?/m0/s1. The molecular weight excluding hydrogens is 777 g/mol. The third-order valence-electron chi connectivity index (χ3n) is 11.2. The second-order valence-corrected chi connectivity index (χ2v) is 16.2. The van der Waals surface area contributed by atoms with Crippen molar-refractivity contribution < 1.29 is 43.2 Å². The molecule has 61 heavy (non-hydrogen) atoms. The number of carbonyl (C=O) groups excluding carboxylic acids is 3. The molecule has 13 nitrogen and oxygen atoms in total. The minimum Gasteiger partial charge on any atom is -0.467 e. The van der Waals surface area contributed by atoms with E-state index in [1.165, 1.54) is 12.0 Å². The van der Waals surface area contributed by atoms with Gasteiger partial charge in [-0.3, -0.25) is 9.78 Å². The van der Waals surface area contributed by atoms with Crippen LogP contribution < -0.4 is 5.32 Å². The van der Waals surface area contributed by atoms with Crippen LogP contribution >= 0.6 is 0 Å². The molecule has 0 bridgehead atoms. The highest BCUT2D eigenvalue weighted by molar-refractivity contribution is 5.95. The van der Waals surface area contributed by atoms with Crippen LogP contribution in [0.1, 0.15) is 75.4 Å². The van der Waals surface area contributed by atoms with Crippen LogP contribution in [0.5, 0.6) is 0 Å². The number of nitrogens with zero attached hydrogens (tertiary/aromatic N) is 3. The molecule has 2 aromatic heterocycles. The molecule has 322 valence electrons. The van der Waals surface area contributed by atoms with Crippen molar-refractivity contribution in [2.75, 3.05) is 27.3 Å². The molecule has 13 heteroatoms. The molecule has 0 saturated carbocycles. The summed E-state index contributed by atoms with van der Waals surface area (Å²) >= 11 is 0. The van der Waals surface area contributed by atoms with E-state index in [2.05, 4.69) is 35.0 Å². The molecule has 0 spiro atoms. The first kappa shape index (κ1) is 44.3. The van der Waals surface area contributed by atoms with E-state index in [4.69, 9.17) is 23.9 Å². The number of alkyl carbamates (subject to hydrolysis) is 1. The molecule has 2 amide bonds. The summed E-state index contributed by atoms with van der Waals surface area (Å²) in [5.74, 6) is -1.06. The molecule has 3 heterocycles. The van der Waals surface area contributed by atoms with Crippen LogP contribution in [-0.2, 0) is 54.5 Å². The van der Waals surface area contributed by atoms with Crippen molar-refractivity contribution in [2.24, 2.45) is 5.92 Å². The molecule has 1 fully saturated rings. The lowest BCUT2D eigenvalue weighted by Crippen LogP contribution is -2.43. The van der Waals surface area contributed by atoms with Crippen LogP contribution in [0, 0.1) is 5.92 Å². The minimum absolute atomic E-state index is 0.0586. The first-order chi connectivity index (χ1) is 29.3. The summed E-state index contributed by atoms with van der Waals surface area (Å²) < 4.78 is 24.7. The first-order valence-electron chi connectivity index (χ1n) is 20.8. The van der Waals surface area contributed by atoms with Gasteiger partial charge in [0.1, 0.15) is 18.2 Å². The van der Waals surface area contributed by atoms with Gasteiger partial charge < -0.3 is 38.8 Å². The average molecular weight is 833 g/mol. The van der Waals surface area contributed by atoms with Gasteiger partial charge in [0.15, 0.2) is 0 Å². The van der Waals surface area contributed by atoms with Gasteiger partial charge in [-0.15, -0.1) is 0 Å². The number of piperidine rings is 1. The van der Waals surface area contributed by atoms with Crippen LogP contribution in [0.3, 0.4) is 0 Å². The molecule has 3 aromatic carbocycles. The van der Waals surface area contributed by atoms with Crippen molar-refractivity contribution in [3.05, 3.63) is 114 Å². The Morgan fingerprint density at radius 2 is 1.70 bits per heavy atom. The van der Waals surface area contributed by atoms with Gasteiger partial charge in [-0.05, 0) is 98.5 Å². The Morgan fingerprint density at radius 3 is 2.43 bits per heavy atom. The van der Waals surface area contributed by atoms with E-state index in [0.717, 1.165) is 62.1 Å². The number of ether oxygens (including phenoxy) is 4. The summed E-state index contributed by atoms with van der Waals surface area (Å²) in [6.45, 7) is 9.37. The van der Waals surface area contributed by atoms with Crippen molar-refractivity contribution in [1.29, 1.82) is 0 Å². The van der Waals surface area contributed by atoms with E-state index in [9.17, 15) is 24.3 Å². The van der Waals surface area contributed by atoms with Crippen molar-refractivity contribution in [1.82, 2.24) is 19.8 Å². The Kier molecular flexibility index (Phi) is 14.5. The van der Waals surface area contributed by atoms with E-state index >= 15 is 0 Å². The maximum Gasteiger partial charge on any atom is 0.408 e. The Hall–Kier alpha value is -6.21. The van der Waals surface area contributed by atoms with E-state index in [1.807, 2.05) is 87.5 Å². The van der Waals surface area contributed by atoms with Crippen LogP contribution in [0.15, 0.2) is 91.1 Å². The molecule has 3 atom stereocenters. The van der Waals surface area contributed by atoms with Crippen molar-refractivity contribution in [3.8, 4) is 22.4 Å². The van der Waals surface area contributed by atoms with Crippen LogP contribution in [0.2, 0.25) is 0 Å². The number of aryl methyl sites for hydroxylation is 1. The number of hydrogen-bond donors (Lipinski definition) is 2. The maximum atomic E-state index is 13.5. The third kappa shape index (κ3) is 10.9. The largest absolute Gasteiger partial charge is 0.467 e. The van der Waals surface area contributed by atoms with Gasteiger partial charge in [-0.2, -0.15) is 0 Å². The number of hydrogen-bond acceptors (Lipinski definition) is 9. The first-order valence-corrected chi connectivity index (χ1v) is 20.8. The van der Waals surface area contributed by atoms with Gasteiger partial charge in [0.25, 0.3) is 0 Å². The molecule has 2 N–H and O–H groups in total. The summed E-state index contributed by atoms with van der Waals surface area (Å²) in [7, 11) is 2.94. The second kappa shape index (κ2) is 19.9. The van der Waals surface area contributed by atoms with Gasteiger partial charge in [-0.25, -0.2) is 14.4 Å². The molecule has 1 aliphatic rings. The SMILES string of the molecule is CCn1c(-c2cccnc2C(C)OC)c(CC(C)(C)OC(=O)C[C@@H]2CCCN(C(=O)O)C2)c2cc(-c3cccc(CC(NC(=O)OCc4ccccc4)C(=O)OC)c3)ccc21. The lowest BCUT2D eigenvalue weighted by molar-refractivity contribution is -0.157. The number of pyridine rings is 1. The quantitative estimate of drug-likeness (QED) is 0.0728. The molecule has 6 rings (SSSR count). The van der Waals surface area contributed by atoms with E-state index in [-0.39, 0.29) is 37.4 Å². The number of likely N-dealkylation sites (tertiary alicyclic amines) is 1. The zero-order chi connectivity index (χ0) is 43.7. The van der Waals surface area contributed by atoms with Crippen molar-refractivity contribution in [3.63, 3.8) is 0 Å². The Bertz CT molecular complexity index is 2340. The monoisotopic (exact) mass is 832 g/mol. The number of benzene rings is 3. The predicted molar refractivity (Wildman–Crippen MR) is 232 cm³/mol. The van der Waals surface area contributed by atoms with Crippen molar-refractivity contribution >= 4 is 35.0 Å². The third-order valence-corrected chi connectivity index (χ3v) is 11.2. The van der Waals surface area contributed by atoms with E-state index < -0.39 is 29.8 Å². The fourth-order valence-corrected chi connectivity index (χ4v) is 8.28. The van der Waals surface area contributed by atoms with E-state index in [1.54, 1.807) is 13.3 Å². The van der Waals surface area contributed by atoms with Crippen LogP contribution in [0.4, 0.5) is 9.59 Å². The molecule has 0 radical (unpaired) electrons. The van der Waals surface area contributed by atoms with E-state index in [0.29, 0.717) is 32.5 Å². The number of esters is 2. The summed E-state index contributed by atoms with van der Waals surface area (Å²) in [6, 6.07) is 26.4. The molecule has 0 aliphatic carbocycles. The Labute approximate surface area is 357 Å². The average Bonchev–Trinajstić information content (AvgIpc) is 3.56. The minimum atomic E-state index is -0.985. The highest BCUT2D eigenvalue weighted by Gasteiger charge is 2.32. The van der Waals surface area contributed by atoms with Gasteiger partial charge in [-0.1, -0.05) is 60.7 Å². The zero-order valence-corrected chi connectivity index (χ0v) is 35.8. The highest BCUT2D eigenvalue weighted by Crippen LogP contribution is 2.41. The number of fused-ring (bicyclic) bond motifs is 1. The Morgan fingerprint density at radius 1 is 0.951 bits per heavy atom. The van der Waals surface area contributed by atoms with Gasteiger partial charge in [0.05, 0.1) is 31.0 Å². The summed E-state index contributed by atoms with van der Waals surface area (Å²) in [4.78, 5) is 57.0. The zero-order valence-electron chi connectivity index (χ0n) is 35.8. The van der Waals surface area contributed by atoms with Gasteiger partial charge in [0.2, 0.25) is 0 Å². The molecule has 1 aliphatic heterocycles. The molecule has 2 unspecified atom stereocenters. The van der Waals surface area contributed by atoms with Gasteiger partial charge >= 0.3 is 24.1 Å². The Balaban J connectivity index is 1.33.